The highest BCUT2D eigenvalue weighted by atomic mass is 32.2. The summed E-state index contributed by atoms with van der Waals surface area (Å²) in [4.78, 5) is 21.8. The van der Waals surface area contributed by atoms with Crippen LogP contribution in [0.2, 0.25) is 0 Å². The van der Waals surface area contributed by atoms with E-state index in [-0.39, 0.29) is 5.76 Å². The van der Waals surface area contributed by atoms with Crippen molar-refractivity contribution in [3.8, 4) is 11.1 Å². The lowest BCUT2D eigenvalue weighted by molar-refractivity contribution is 0.0563. The van der Waals surface area contributed by atoms with Crippen LogP contribution >= 0.6 is 23.1 Å². The van der Waals surface area contributed by atoms with Gasteiger partial charge in [-0.3, -0.25) is 0 Å². The summed E-state index contributed by atoms with van der Waals surface area (Å²) >= 11 is 3.19. The second kappa shape index (κ2) is 7.54. The molecule has 136 valence electrons. The molecule has 3 heterocycles. The molecule has 27 heavy (non-hydrogen) atoms. The summed E-state index contributed by atoms with van der Waals surface area (Å²) in [6.07, 6.45) is 0. The van der Waals surface area contributed by atoms with E-state index in [1.165, 1.54) is 7.11 Å². The van der Waals surface area contributed by atoms with Crippen LogP contribution in [0.5, 0.6) is 0 Å². The number of aryl methyl sites for hydroxylation is 1. The molecule has 0 fully saturated rings. The molecular weight excluding hydrogens is 380 g/mol. The van der Waals surface area contributed by atoms with Crippen LogP contribution in [0.1, 0.15) is 22.1 Å². The third-order valence-corrected chi connectivity index (χ3v) is 5.87. The Hall–Kier alpha value is -2.64. The molecule has 0 saturated heterocycles. The van der Waals surface area contributed by atoms with Gasteiger partial charge < -0.3 is 9.15 Å². The number of furan rings is 1. The highest BCUT2D eigenvalue weighted by Crippen LogP contribution is 2.39. The molecule has 7 heteroatoms. The summed E-state index contributed by atoms with van der Waals surface area (Å²) in [7, 11) is 1.33. The van der Waals surface area contributed by atoms with Gasteiger partial charge in [0.1, 0.15) is 21.4 Å². The Balaban J connectivity index is 1.68. The number of thiophene rings is 1. The first-order valence-corrected chi connectivity index (χ1v) is 10.1. The van der Waals surface area contributed by atoms with Crippen LogP contribution in [-0.4, -0.2) is 23.0 Å². The van der Waals surface area contributed by atoms with Gasteiger partial charge in [0.25, 0.3) is 0 Å². The fourth-order valence-electron chi connectivity index (χ4n) is 2.75. The number of carbonyl (C=O) groups excluding carboxylic acids is 1. The van der Waals surface area contributed by atoms with Crippen molar-refractivity contribution >= 4 is 39.3 Å². The molecule has 0 aliphatic heterocycles. The van der Waals surface area contributed by atoms with Gasteiger partial charge in [-0.05, 0) is 24.6 Å². The first-order chi connectivity index (χ1) is 13.2. The van der Waals surface area contributed by atoms with Crippen LogP contribution in [0.15, 0.2) is 57.3 Å². The number of ether oxygens (including phenoxy) is 1. The number of esters is 1. The van der Waals surface area contributed by atoms with E-state index in [4.69, 9.17) is 4.42 Å². The van der Waals surface area contributed by atoms with Crippen molar-refractivity contribution in [1.82, 2.24) is 9.97 Å². The summed E-state index contributed by atoms with van der Waals surface area (Å²) in [5, 5.41) is 4.09. The van der Waals surface area contributed by atoms with E-state index >= 15 is 0 Å². The largest absolute Gasteiger partial charge is 0.463 e. The highest BCUT2D eigenvalue weighted by molar-refractivity contribution is 7.98. The van der Waals surface area contributed by atoms with E-state index in [9.17, 15) is 4.79 Å². The molecular formula is C20H16N2O3S2. The molecule has 0 aliphatic rings. The Morgan fingerprint density at radius 3 is 2.78 bits per heavy atom. The highest BCUT2D eigenvalue weighted by Gasteiger charge is 2.16. The second-order valence-electron chi connectivity index (χ2n) is 5.82. The lowest BCUT2D eigenvalue weighted by atomic mass is 10.1. The average Bonchev–Trinajstić information content (AvgIpc) is 3.33. The number of hydrogen-bond donors (Lipinski definition) is 0. The first-order valence-electron chi connectivity index (χ1n) is 8.27. The Labute approximate surface area is 164 Å². The molecule has 0 spiro atoms. The zero-order valence-electron chi connectivity index (χ0n) is 14.8. The topological polar surface area (TPSA) is 65.2 Å². The Morgan fingerprint density at radius 2 is 2.00 bits per heavy atom. The van der Waals surface area contributed by atoms with Crippen LogP contribution in [-0.2, 0) is 10.5 Å². The minimum atomic E-state index is -0.476. The lowest BCUT2D eigenvalue weighted by Gasteiger charge is -2.06. The van der Waals surface area contributed by atoms with Gasteiger partial charge in [-0.2, -0.15) is 0 Å². The van der Waals surface area contributed by atoms with Crippen LogP contribution in [0, 0.1) is 6.92 Å². The van der Waals surface area contributed by atoms with E-state index in [1.807, 2.05) is 25.1 Å². The summed E-state index contributed by atoms with van der Waals surface area (Å²) in [5.74, 6) is 1.72. The Morgan fingerprint density at radius 1 is 1.19 bits per heavy atom. The van der Waals surface area contributed by atoms with E-state index in [0.717, 1.165) is 32.2 Å². The molecule has 0 unspecified atom stereocenters. The van der Waals surface area contributed by atoms with Gasteiger partial charge in [0.05, 0.1) is 18.2 Å². The normalized spacial score (nSPS) is 11.0. The lowest BCUT2D eigenvalue weighted by Crippen LogP contribution is -1.98. The summed E-state index contributed by atoms with van der Waals surface area (Å²) < 4.78 is 10.2. The number of carbonyl (C=O) groups is 1. The van der Waals surface area contributed by atoms with Crippen molar-refractivity contribution in [2.75, 3.05) is 7.11 Å². The summed E-state index contributed by atoms with van der Waals surface area (Å²) in [5.41, 5.74) is 2.27. The molecule has 0 aliphatic carbocycles. The molecule has 4 aromatic rings. The van der Waals surface area contributed by atoms with E-state index < -0.39 is 5.97 Å². The fourth-order valence-corrected chi connectivity index (χ4v) is 4.79. The van der Waals surface area contributed by atoms with Crippen molar-refractivity contribution in [1.29, 1.82) is 0 Å². The van der Waals surface area contributed by atoms with Gasteiger partial charge in [0.2, 0.25) is 5.76 Å². The minimum absolute atomic E-state index is 0.206. The zero-order valence-corrected chi connectivity index (χ0v) is 16.4. The van der Waals surface area contributed by atoms with Gasteiger partial charge in [-0.1, -0.05) is 42.1 Å². The molecule has 0 atom stereocenters. The Kier molecular flexibility index (Phi) is 4.96. The molecule has 0 saturated carbocycles. The monoisotopic (exact) mass is 396 g/mol. The summed E-state index contributed by atoms with van der Waals surface area (Å²) in [6, 6.07) is 13.6. The molecule has 5 nitrogen and oxygen atoms in total. The van der Waals surface area contributed by atoms with E-state index in [0.29, 0.717) is 11.5 Å². The minimum Gasteiger partial charge on any atom is -0.463 e. The maximum absolute atomic E-state index is 11.5. The van der Waals surface area contributed by atoms with Gasteiger partial charge in [0, 0.05) is 10.9 Å². The number of nitrogens with zero attached hydrogens (tertiary/aromatic N) is 2. The van der Waals surface area contributed by atoms with Gasteiger partial charge in [-0.25, -0.2) is 14.8 Å². The predicted octanol–water partition coefficient (Wildman–Crippen LogP) is 5.34. The van der Waals surface area contributed by atoms with Gasteiger partial charge in [-0.15, -0.1) is 11.3 Å². The molecule has 1 aromatic carbocycles. The number of aromatic nitrogens is 2. The number of methoxy groups -OCH3 is 1. The van der Waals surface area contributed by atoms with Gasteiger partial charge >= 0.3 is 5.97 Å². The predicted molar refractivity (Wildman–Crippen MR) is 107 cm³/mol. The summed E-state index contributed by atoms with van der Waals surface area (Å²) in [6.45, 7) is 1.90. The fraction of sp³-hybridized carbons (Fsp3) is 0.150. The standard InChI is InChI=1S/C20H16N2O3S2/c1-12-21-18(26-10-14-8-9-16(25-14)20(23)24-2)17-15(11-27-19(17)22-12)13-6-4-3-5-7-13/h3-9,11H,10H2,1-2H3. The molecule has 0 bridgehead atoms. The number of hydrogen-bond acceptors (Lipinski definition) is 7. The molecule has 0 N–H and O–H groups in total. The van der Waals surface area contributed by atoms with Gasteiger partial charge in [0.15, 0.2) is 0 Å². The zero-order chi connectivity index (χ0) is 18.8. The maximum atomic E-state index is 11.5. The smallest absolute Gasteiger partial charge is 0.373 e. The first kappa shape index (κ1) is 17.8. The number of benzene rings is 1. The SMILES string of the molecule is COC(=O)c1ccc(CSc2nc(C)nc3scc(-c4ccccc4)c23)o1. The van der Waals surface area contributed by atoms with Crippen LogP contribution in [0.25, 0.3) is 21.3 Å². The van der Waals surface area contributed by atoms with Crippen LogP contribution < -0.4 is 0 Å². The Bertz CT molecular complexity index is 1100. The van der Waals surface area contributed by atoms with Crippen molar-refractivity contribution in [3.05, 3.63) is 65.2 Å². The van der Waals surface area contributed by atoms with Crippen LogP contribution in [0.3, 0.4) is 0 Å². The third kappa shape index (κ3) is 3.61. The van der Waals surface area contributed by atoms with Crippen molar-refractivity contribution < 1.29 is 13.9 Å². The average molecular weight is 396 g/mol. The van der Waals surface area contributed by atoms with Crippen molar-refractivity contribution in [2.45, 2.75) is 17.7 Å². The molecule has 4 rings (SSSR count). The second-order valence-corrected chi connectivity index (χ2v) is 7.64. The number of rotatable bonds is 5. The molecule has 3 aromatic heterocycles. The maximum Gasteiger partial charge on any atom is 0.373 e. The van der Waals surface area contributed by atoms with Crippen molar-refractivity contribution in [2.24, 2.45) is 0 Å². The van der Waals surface area contributed by atoms with E-state index in [1.54, 1.807) is 35.2 Å². The van der Waals surface area contributed by atoms with Crippen LogP contribution in [0.4, 0.5) is 0 Å². The molecule has 0 amide bonds. The van der Waals surface area contributed by atoms with Crippen molar-refractivity contribution in [3.63, 3.8) is 0 Å². The number of fused-ring (bicyclic) bond motifs is 1. The van der Waals surface area contributed by atoms with E-state index in [2.05, 4.69) is 32.2 Å². The molecule has 0 radical (unpaired) electrons. The third-order valence-electron chi connectivity index (χ3n) is 4.00. The quantitative estimate of drug-likeness (QED) is 0.258. The number of thioether (sulfide) groups is 1.